The number of aromatic nitrogens is 1. The fourth-order valence-electron chi connectivity index (χ4n) is 2.96. The van der Waals surface area contributed by atoms with Crippen molar-refractivity contribution in [3.63, 3.8) is 0 Å². The van der Waals surface area contributed by atoms with Crippen molar-refractivity contribution in [3.8, 4) is 11.5 Å². The Morgan fingerprint density at radius 2 is 2.35 bits per heavy atom. The van der Waals surface area contributed by atoms with Gasteiger partial charge in [-0.3, -0.25) is 9.69 Å². The maximum Gasteiger partial charge on any atom is 0.226 e. The summed E-state index contributed by atoms with van der Waals surface area (Å²) >= 11 is 6.02. The molecule has 122 valence electrons. The summed E-state index contributed by atoms with van der Waals surface area (Å²) in [7, 11) is 0. The van der Waals surface area contributed by atoms with E-state index in [9.17, 15) is 4.79 Å². The second-order valence-electron chi connectivity index (χ2n) is 6.01. The van der Waals surface area contributed by atoms with E-state index in [2.05, 4.69) is 9.88 Å². The zero-order valence-electron chi connectivity index (χ0n) is 13.1. The molecule has 3 rings (SSSR count). The number of aryl methyl sites for hydroxylation is 1. The van der Waals surface area contributed by atoms with E-state index in [4.69, 9.17) is 21.8 Å². The van der Waals surface area contributed by atoms with Crippen molar-refractivity contribution < 1.29 is 9.21 Å². The van der Waals surface area contributed by atoms with Crippen LogP contribution in [0.3, 0.4) is 0 Å². The molecule has 2 heterocycles. The van der Waals surface area contributed by atoms with Gasteiger partial charge in [-0.05, 0) is 44.5 Å². The summed E-state index contributed by atoms with van der Waals surface area (Å²) in [6, 6.07) is 7.45. The van der Waals surface area contributed by atoms with E-state index in [0.29, 0.717) is 24.0 Å². The van der Waals surface area contributed by atoms with Gasteiger partial charge < -0.3 is 10.2 Å². The molecule has 0 unspecified atom stereocenters. The zero-order chi connectivity index (χ0) is 16.4. The van der Waals surface area contributed by atoms with Gasteiger partial charge in [0.05, 0.1) is 11.6 Å². The van der Waals surface area contributed by atoms with Crippen molar-refractivity contribution in [2.75, 3.05) is 13.1 Å². The summed E-state index contributed by atoms with van der Waals surface area (Å²) in [5.74, 6) is 1.08. The Labute approximate surface area is 140 Å². The number of rotatable bonds is 4. The first-order valence-electron chi connectivity index (χ1n) is 7.77. The summed E-state index contributed by atoms with van der Waals surface area (Å²) in [4.78, 5) is 18.2. The third-order valence-corrected chi connectivity index (χ3v) is 4.48. The molecule has 1 saturated heterocycles. The smallest absolute Gasteiger partial charge is 0.226 e. The highest BCUT2D eigenvalue weighted by molar-refractivity contribution is 6.30. The maximum absolute atomic E-state index is 11.4. The summed E-state index contributed by atoms with van der Waals surface area (Å²) in [6.07, 6.45) is 1.85. The Morgan fingerprint density at radius 1 is 1.52 bits per heavy atom. The van der Waals surface area contributed by atoms with Crippen molar-refractivity contribution >= 4 is 17.5 Å². The molecule has 0 spiro atoms. The molecule has 1 atom stereocenters. The van der Waals surface area contributed by atoms with Crippen LogP contribution in [0, 0.1) is 12.8 Å². The van der Waals surface area contributed by atoms with Crippen LogP contribution >= 0.6 is 11.6 Å². The van der Waals surface area contributed by atoms with Crippen LogP contribution in [0.4, 0.5) is 0 Å². The Morgan fingerprint density at radius 3 is 3.09 bits per heavy atom. The topological polar surface area (TPSA) is 72.4 Å². The lowest BCUT2D eigenvalue weighted by molar-refractivity contribution is -0.123. The Balaban J connectivity index is 1.75. The van der Waals surface area contributed by atoms with E-state index in [1.54, 1.807) is 0 Å². The summed E-state index contributed by atoms with van der Waals surface area (Å²) in [6.45, 7) is 4.21. The van der Waals surface area contributed by atoms with Crippen LogP contribution in [0.2, 0.25) is 5.02 Å². The van der Waals surface area contributed by atoms with E-state index in [1.165, 1.54) is 0 Å². The molecular formula is C17H20ClN3O2. The number of carbonyl (C=O) groups excluding carboxylic acids is 1. The fourth-order valence-corrected chi connectivity index (χ4v) is 3.15. The van der Waals surface area contributed by atoms with Crippen molar-refractivity contribution in [2.45, 2.75) is 26.3 Å². The largest absolute Gasteiger partial charge is 0.441 e. The molecule has 1 amide bonds. The van der Waals surface area contributed by atoms with Crippen LogP contribution in [0.15, 0.2) is 28.7 Å². The third kappa shape index (κ3) is 3.74. The molecule has 2 aromatic rings. The molecule has 6 heteroatoms. The van der Waals surface area contributed by atoms with E-state index >= 15 is 0 Å². The molecule has 0 radical (unpaired) electrons. The van der Waals surface area contributed by atoms with Gasteiger partial charge >= 0.3 is 0 Å². The second-order valence-corrected chi connectivity index (χ2v) is 6.45. The van der Waals surface area contributed by atoms with Crippen LogP contribution in [0.25, 0.3) is 11.5 Å². The first-order valence-corrected chi connectivity index (χ1v) is 8.14. The monoisotopic (exact) mass is 333 g/mol. The molecule has 23 heavy (non-hydrogen) atoms. The highest BCUT2D eigenvalue weighted by Gasteiger charge is 2.25. The molecule has 1 aromatic heterocycles. The number of amides is 1. The van der Waals surface area contributed by atoms with Gasteiger partial charge in [0.2, 0.25) is 11.8 Å². The number of piperidine rings is 1. The number of carbonyl (C=O) groups is 1. The lowest BCUT2D eigenvalue weighted by Gasteiger charge is -2.30. The number of halogens is 1. The Hall–Kier alpha value is -1.85. The number of nitrogens with two attached hydrogens (primary N) is 1. The van der Waals surface area contributed by atoms with E-state index < -0.39 is 0 Å². The SMILES string of the molecule is Cc1oc(-c2cccc(Cl)c2)nc1CN1CCC[C@@H](C(N)=O)C1. The van der Waals surface area contributed by atoms with Gasteiger partial charge in [-0.25, -0.2) is 4.98 Å². The first-order chi connectivity index (χ1) is 11.0. The van der Waals surface area contributed by atoms with Crippen molar-refractivity contribution in [3.05, 3.63) is 40.7 Å². The minimum absolute atomic E-state index is 0.0663. The van der Waals surface area contributed by atoms with E-state index in [-0.39, 0.29) is 11.8 Å². The van der Waals surface area contributed by atoms with Crippen LogP contribution in [-0.4, -0.2) is 28.9 Å². The standard InChI is InChI=1S/C17H20ClN3O2/c1-11-15(10-21-7-3-5-13(9-21)16(19)22)20-17(23-11)12-4-2-6-14(18)8-12/h2,4,6,8,13H,3,5,7,9-10H2,1H3,(H2,19,22)/t13-/m1/s1. The van der Waals surface area contributed by atoms with Crippen LogP contribution in [0.5, 0.6) is 0 Å². The third-order valence-electron chi connectivity index (χ3n) is 4.25. The molecule has 2 N–H and O–H groups in total. The van der Waals surface area contributed by atoms with E-state index in [1.807, 2.05) is 31.2 Å². The zero-order valence-corrected chi connectivity index (χ0v) is 13.8. The molecule has 1 fully saturated rings. The summed E-state index contributed by atoms with van der Waals surface area (Å²) in [5, 5.41) is 0.653. The van der Waals surface area contributed by atoms with E-state index in [0.717, 1.165) is 36.4 Å². The van der Waals surface area contributed by atoms with Crippen LogP contribution in [-0.2, 0) is 11.3 Å². The summed E-state index contributed by atoms with van der Waals surface area (Å²) < 4.78 is 5.78. The number of benzene rings is 1. The molecular weight excluding hydrogens is 314 g/mol. The highest BCUT2D eigenvalue weighted by atomic mass is 35.5. The van der Waals surface area contributed by atoms with Gasteiger partial charge in [-0.15, -0.1) is 0 Å². The van der Waals surface area contributed by atoms with Gasteiger partial charge in [0.1, 0.15) is 5.76 Å². The van der Waals surface area contributed by atoms with Crippen LogP contribution < -0.4 is 5.73 Å². The average Bonchev–Trinajstić information content (AvgIpc) is 2.89. The van der Waals surface area contributed by atoms with Gasteiger partial charge in [0.15, 0.2) is 0 Å². The van der Waals surface area contributed by atoms with Gasteiger partial charge in [-0.1, -0.05) is 17.7 Å². The Bertz CT molecular complexity index is 714. The fraction of sp³-hybridized carbons (Fsp3) is 0.412. The summed E-state index contributed by atoms with van der Waals surface area (Å²) in [5.41, 5.74) is 7.19. The molecule has 0 saturated carbocycles. The number of primary amides is 1. The van der Waals surface area contributed by atoms with Crippen molar-refractivity contribution in [2.24, 2.45) is 11.7 Å². The predicted octanol–water partition coefficient (Wildman–Crippen LogP) is 3.00. The van der Waals surface area contributed by atoms with Gasteiger partial charge in [0.25, 0.3) is 0 Å². The number of nitrogens with zero attached hydrogens (tertiary/aromatic N) is 2. The predicted molar refractivity (Wildman–Crippen MR) is 88.9 cm³/mol. The first kappa shape index (κ1) is 16.0. The molecule has 0 bridgehead atoms. The minimum atomic E-state index is -0.216. The maximum atomic E-state index is 11.4. The Kier molecular flexibility index (Phi) is 4.68. The van der Waals surface area contributed by atoms with Gasteiger partial charge in [0, 0.05) is 23.7 Å². The van der Waals surface area contributed by atoms with Crippen LogP contribution in [0.1, 0.15) is 24.3 Å². The second kappa shape index (κ2) is 6.72. The van der Waals surface area contributed by atoms with Crippen molar-refractivity contribution in [1.29, 1.82) is 0 Å². The highest BCUT2D eigenvalue weighted by Crippen LogP contribution is 2.26. The lowest BCUT2D eigenvalue weighted by Crippen LogP contribution is -2.40. The quantitative estimate of drug-likeness (QED) is 0.933. The van der Waals surface area contributed by atoms with Crippen molar-refractivity contribution in [1.82, 2.24) is 9.88 Å². The average molecular weight is 334 g/mol. The number of oxazole rings is 1. The molecule has 5 nitrogen and oxygen atoms in total. The molecule has 1 aliphatic heterocycles. The molecule has 1 aliphatic rings. The minimum Gasteiger partial charge on any atom is -0.441 e. The number of hydrogen-bond donors (Lipinski definition) is 1. The number of hydrogen-bond acceptors (Lipinski definition) is 4. The van der Waals surface area contributed by atoms with Gasteiger partial charge in [-0.2, -0.15) is 0 Å². The normalized spacial score (nSPS) is 19.0. The lowest BCUT2D eigenvalue weighted by atomic mass is 9.97. The molecule has 1 aromatic carbocycles. The number of likely N-dealkylation sites (tertiary alicyclic amines) is 1. The molecule has 0 aliphatic carbocycles.